The Morgan fingerprint density at radius 2 is 2.15 bits per heavy atom. The third kappa shape index (κ3) is 2.05. The minimum Gasteiger partial charge on any atom is -0.411 e. The van der Waals surface area contributed by atoms with Crippen LogP contribution in [-0.4, -0.2) is 11.4 Å². The molecular weight excluding hydrogens is 169 g/mol. The van der Waals surface area contributed by atoms with Gasteiger partial charge in [0.2, 0.25) is 0 Å². The van der Waals surface area contributed by atoms with Crippen molar-refractivity contribution >= 4 is 6.21 Å². The average molecular weight is 181 g/mol. The number of oxime groups is 1. The molecule has 0 aromatic heterocycles. The Bertz CT molecular complexity index is 321. The van der Waals surface area contributed by atoms with Crippen LogP contribution in [0.2, 0.25) is 0 Å². The zero-order chi connectivity index (χ0) is 9.84. The van der Waals surface area contributed by atoms with Crippen molar-refractivity contribution in [2.24, 2.45) is 5.16 Å². The van der Waals surface area contributed by atoms with Crippen LogP contribution < -0.4 is 0 Å². The molecule has 0 atom stereocenters. The highest BCUT2D eigenvalue weighted by Crippen LogP contribution is 2.20. The first kappa shape index (κ1) is 9.71. The predicted octanol–water partition coefficient (Wildman–Crippen LogP) is 2.76. The van der Waals surface area contributed by atoms with Crippen molar-refractivity contribution in [2.45, 2.75) is 19.8 Å². The monoisotopic (exact) mass is 181 g/mol. The van der Waals surface area contributed by atoms with Crippen molar-refractivity contribution in [1.29, 1.82) is 0 Å². The van der Waals surface area contributed by atoms with E-state index in [1.807, 2.05) is 19.9 Å². The largest absolute Gasteiger partial charge is 0.411 e. The minimum absolute atomic E-state index is 0.212. The molecule has 13 heavy (non-hydrogen) atoms. The first-order chi connectivity index (χ1) is 6.16. The summed E-state index contributed by atoms with van der Waals surface area (Å²) >= 11 is 0. The van der Waals surface area contributed by atoms with Gasteiger partial charge in [-0.25, -0.2) is 4.39 Å². The molecule has 0 aliphatic heterocycles. The van der Waals surface area contributed by atoms with Crippen molar-refractivity contribution in [3.05, 3.63) is 35.1 Å². The van der Waals surface area contributed by atoms with Crippen LogP contribution in [0.15, 0.2) is 23.4 Å². The van der Waals surface area contributed by atoms with E-state index in [1.54, 1.807) is 6.07 Å². The molecule has 1 N–H and O–H groups in total. The number of hydrogen-bond acceptors (Lipinski definition) is 2. The lowest BCUT2D eigenvalue weighted by molar-refractivity contribution is 0.321. The van der Waals surface area contributed by atoms with Gasteiger partial charge in [-0.2, -0.15) is 0 Å². The second-order valence-corrected chi connectivity index (χ2v) is 3.14. The molecule has 0 heterocycles. The molecule has 0 radical (unpaired) electrons. The van der Waals surface area contributed by atoms with E-state index in [1.165, 1.54) is 6.07 Å². The first-order valence-electron chi connectivity index (χ1n) is 4.12. The number of rotatable bonds is 2. The molecule has 0 amide bonds. The fourth-order valence-corrected chi connectivity index (χ4v) is 1.25. The Hall–Kier alpha value is -1.38. The Labute approximate surface area is 76.7 Å². The fraction of sp³-hybridized carbons (Fsp3) is 0.300. The van der Waals surface area contributed by atoms with Gasteiger partial charge in [-0.3, -0.25) is 0 Å². The molecule has 0 spiro atoms. The van der Waals surface area contributed by atoms with Crippen LogP contribution in [0.3, 0.4) is 0 Å². The third-order valence-electron chi connectivity index (χ3n) is 1.90. The molecule has 1 aromatic rings. The molecule has 70 valence electrons. The van der Waals surface area contributed by atoms with E-state index in [0.29, 0.717) is 5.56 Å². The van der Waals surface area contributed by atoms with E-state index in [4.69, 9.17) is 5.21 Å². The maximum absolute atomic E-state index is 13.2. The van der Waals surface area contributed by atoms with Crippen LogP contribution in [0.4, 0.5) is 4.39 Å². The molecule has 0 saturated heterocycles. The van der Waals surface area contributed by atoms with Gasteiger partial charge < -0.3 is 5.21 Å². The summed E-state index contributed by atoms with van der Waals surface area (Å²) in [6.07, 6.45) is 1.13. The van der Waals surface area contributed by atoms with Crippen molar-refractivity contribution in [2.75, 3.05) is 0 Å². The van der Waals surface area contributed by atoms with Gasteiger partial charge in [0.1, 0.15) is 5.82 Å². The van der Waals surface area contributed by atoms with E-state index < -0.39 is 0 Å². The summed E-state index contributed by atoms with van der Waals surface area (Å²) in [5.41, 5.74) is 1.21. The van der Waals surface area contributed by atoms with Gasteiger partial charge in [-0.1, -0.05) is 31.1 Å². The SMILES string of the molecule is CC(C)c1cccc(F)c1/C=N/O. The Morgan fingerprint density at radius 3 is 2.69 bits per heavy atom. The average Bonchev–Trinajstić information content (AvgIpc) is 2.08. The summed E-state index contributed by atoms with van der Waals surface area (Å²) < 4.78 is 13.2. The van der Waals surface area contributed by atoms with Gasteiger partial charge in [-0.15, -0.1) is 0 Å². The van der Waals surface area contributed by atoms with E-state index in [9.17, 15) is 4.39 Å². The Kier molecular flexibility index (Phi) is 3.01. The summed E-state index contributed by atoms with van der Waals surface area (Å²) in [4.78, 5) is 0. The number of benzene rings is 1. The highest BCUT2D eigenvalue weighted by atomic mass is 19.1. The van der Waals surface area contributed by atoms with Crippen molar-refractivity contribution in [3.63, 3.8) is 0 Å². The zero-order valence-electron chi connectivity index (χ0n) is 7.66. The highest BCUT2D eigenvalue weighted by molar-refractivity contribution is 5.81. The van der Waals surface area contributed by atoms with Gasteiger partial charge in [0.25, 0.3) is 0 Å². The third-order valence-corrected chi connectivity index (χ3v) is 1.90. The van der Waals surface area contributed by atoms with E-state index in [-0.39, 0.29) is 11.7 Å². The fourth-order valence-electron chi connectivity index (χ4n) is 1.25. The lowest BCUT2D eigenvalue weighted by Gasteiger charge is -2.09. The quantitative estimate of drug-likeness (QED) is 0.424. The molecule has 1 aromatic carbocycles. The molecule has 3 heteroatoms. The van der Waals surface area contributed by atoms with Crippen LogP contribution >= 0.6 is 0 Å². The predicted molar refractivity (Wildman–Crippen MR) is 49.9 cm³/mol. The number of halogens is 1. The van der Waals surface area contributed by atoms with E-state index in [0.717, 1.165) is 11.8 Å². The van der Waals surface area contributed by atoms with Crippen molar-refractivity contribution < 1.29 is 9.60 Å². The molecule has 0 bridgehead atoms. The molecule has 0 fully saturated rings. The maximum Gasteiger partial charge on any atom is 0.132 e. The molecule has 0 saturated carbocycles. The lowest BCUT2D eigenvalue weighted by Crippen LogP contribution is -1.98. The summed E-state index contributed by atoms with van der Waals surface area (Å²) in [5, 5.41) is 11.2. The van der Waals surface area contributed by atoms with Crippen LogP contribution in [0, 0.1) is 5.82 Å². The number of nitrogens with zero attached hydrogens (tertiary/aromatic N) is 1. The Balaban J connectivity index is 3.25. The van der Waals surface area contributed by atoms with Gasteiger partial charge in [0.15, 0.2) is 0 Å². The summed E-state index contributed by atoms with van der Waals surface area (Å²) in [7, 11) is 0. The molecule has 2 nitrogen and oxygen atoms in total. The van der Waals surface area contributed by atoms with Crippen LogP contribution in [0.25, 0.3) is 0 Å². The summed E-state index contributed by atoms with van der Waals surface area (Å²) in [5.74, 6) is -0.146. The zero-order valence-corrected chi connectivity index (χ0v) is 7.66. The van der Waals surface area contributed by atoms with Gasteiger partial charge >= 0.3 is 0 Å². The first-order valence-corrected chi connectivity index (χ1v) is 4.12. The lowest BCUT2D eigenvalue weighted by atomic mass is 9.97. The molecule has 0 unspecified atom stereocenters. The summed E-state index contributed by atoms with van der Waals surface area (Å²) in [6.45, 7) is 3.92. The van der Waals surface area contributed by atoms with Crippen molar-refractivity contribution in [3.8, 4) is 0 Å². The second kappa shape index (κ2) is 4.03. The normalized spacial score (nSPS) is 11.4. The Morgan fingerprint density at radius 1 is 1.46 bits per heavy atom. The number of hydrogen-bond donors (Lipinski definition) is 1. The molecule has 0 aliphatic rings. The van der Waals surface area contributed by atoms with E-state index >= 15 is 0 Å². The van der Waals surface area contributed by atoms with Crippen molar-refractivity contribution in [1.82, 2.24) is 0 Å². The standard InChI is InChI=1S/C10H12FNO/c1-7(2)8-4-3-5-10(11)9(8)6-12-13/h3-7,13H,1-2H3/b12-6+. The van der Waals surface area contributed by atoms with Crippen LogP contribution in [0.5, 0.6) is 0 Å². The molecule has 0 aliphatic carbocycles. The van der Waals surface area contributed by atoms with Gasteiger partial charge in [0.05, 0.1) is 6.21 Å². The van der Waals surface area contributed by atoms with E-state index in [2.05, 4.69) is 5.16 Å². The van der Waals surface area contributed by atoms with Crippen LogP contribution in [-0.2, 0) is 0 Å². The second-order valence-electron chi connectivity index (χ2n) is 3.14. The summed E-state index contributed by atoms with van der Waals surface area (Å²) in [6, 6.07) is 4.83. The van der Waals surface area contributed by atoms with Gasteiger partial charge in [0, 0.05) is 5.56 Å². The van der Waals surface area contributed by atoms with Gasteiger partial charge in [-0.05, 0) is 17.5 Å². The minimum atomic E-state index is -0.357. The molecular formula is C10H12FNO. The maximum atomic E-state index is 13.2. The topological polar surface area (TPSA) is 32.6 Å². The highest BCUT2D eigenvalue weighted by Gasteiger charge is 2.08. The molecule has 1 rings (SSSR count). The van der Waals surface area contributed by atoms with Crippen LogP contribution in [0.1, 0.15) is 30.9 Å². The smallest absolute Gasteiger partial charge is 0.132 e.